The summed E-state index contributed by atoms with van der Waals surface area (Å²) in [4.78, 5) is 37.6. The fourth-order valence-corrected chi connectivity index (χ4v) is 7.63. The van der Waals surface area contributed by atoms with E-state index < -0.39 is 6.10 Å². The number of hydrogen-bond acceptors (Lipinski definition) is 6. The highest BCUT2D eigenvalue weighted by molar-refractivity contribution is 5.71. The Morgan fingerprint density at radius 3 is 0.918 bits per heavy atom. The van der Waals surface area contributed by atoms with Crippen LogP contribution in [0.3, 0.4) is 0 Å². The zero-order valence-electron chi connectivity index (χ0n) is 40.7. The minimum atomic E-state index is -0.765. The maximum absolute atomic E-state index is 12.7. The van der Waals surface area contributed by atoms with Crippen molar-refractivity contribution in [1.29, 1.82) is 0 Å². The zero-order valence-corrected chi connectivity index (χ0v) is 40.7. The average molecular weight is 857 g/mol. The summed E-state index contributed by atoms with van der Waals surface area (Å²) in [5.41, 5.74) is 0. The van der Waals surface area contributed by atoms with Crippen LogP contribution in [0.4, 0.5) is 0 Å². The molecule has 0 radical (unpaired) electrons. The monoisotopic (exact) mass is 857 g/mol. The molecule has 0 aromatic rings. The van der Waals surface area contributed by atoms with Gasteiger partial charge in [0, 0.05) is 19.3 Å². The van der Waals surface area contributed by atoms with E-state index in [1.165, 1.54) is 161 Å². The molecule has 0 heterocycles. The molecule has 1 atom stereocenters. The van der Waals surface area contributed by atoms with E-state index in [1.807, 2.05) is 0 Å². The quantitative estimate of drug-likeness (QED) is 0.0262. The van der Waals surface area contributed by atoms with Gasteiger partial charge >= 0.3 is 17.9 Å². The van der Waals surface area contributed by atoms with Gasteiger partial charge in [0.1, 0.15) is 13.2 Å². The Labute approximate surface area is 378 Å². The third-order valence-electron chi connectivity index (χ3n) is 11.6. The van der Waals surface area contributed by atoms with Crippen LogP contribution in [0.25, 0.3) is 0 Å². The van der Waals surface area contributed by atoms with Crippen molar-refractivity contribution in [3.05, 3.63) is 36.5 Å². The molecule has 0 aliphatic carbocycles. The van der Waals surface area contributed by atoms with Crippen LogP contribution in [0, 0.1) is 0 Å². The normalized spacial score (nSPS) is 12.2. The Hall–Kier alpha value is -2.37. The highest BCUT2D eigenvalue weighted by atomic mass is 16.6. The summed E-state index contributed by atoms with van der Waals surface area (Å²) in [6.07, 6.45) is 58.9. The molecular weight excluding hydrogens is 757 g/mol. The number of allylic oxidation sites excluding steroid dienone is 6. The SMILES string of the molecule is CCCCCCC/C=C\C/C=C\C/C=C\CCCCCCCCCCCCC(=O)OCC(COC(=O)CCCCCCC)OC(=O)CCCCCCCCCCCCCCC. The lowest BCUT2D eigenvalue weighted by Crippen LogP contribution is -2.30. The molecule has 0 fully saturated rings. The third kappa shape index (κ3) is 48.5. The first kappa shape index (κ1) is 58.6. The standard InChI is InChI=1S/C55H100O6/c1-4-7-10-13-15-17-19-21-22-23-24-25-26-27-28-29-30-31-32-34-35-37-39-42-45-48-54(57)60-51-52(50-59-53(56)47-44-41-12-9-6-3)61-55(58)49-46-43-40-38-36-33-20-18-16-14-11-8-5-2/h19,21,23-24,26-27,52H,4-18,20,22,25,28-51H2,1-3H3/b21-19-,24-23-,27-26-. The molecule has 0 N–H and O–H groups in total. The van der Waals surface area contributed by atoms with Gasteiger partial charge in [0.2, 0.25) is 0 Å². The van der Waals surface area contributed by atoms with Crippen LogP contribution in [-0.2, 0) is 28.6 Å². The second-order valence-corrected chi connectivity index (χ2v) is 17.8. The number of hydrogen-bond donors (Lipinski definition) is 0. The van der Waals surface area contributed by atoms with Crippen molar-refractivity contribution in [3.8, 4) is 0 Å². The van der Waals surface area contributed by atoms with Gasteiger partial charge in [0.15, 0.2) is 6.10 Å². The highest BCUT2D eigenvalue weighted by Gasteiger charge is 2.19. The van der Waals surface area contributed by atoms with E-state index >= 15 is 0 Å². The Morgan fingerprint density at radius 2 is 0.590 bits per heavy atom. The molecule has 61 heavy (non-hydrogen) atoms. The number of esters is 3. The van der Waals surface area contributed by atoms with E-state index in [2.05, 4.69) is 57.2 Å². The Kier molecular flexibility index (Phi) is 48.3. The van der Waals surface area contributed by atoms with Crippen LogP contribution in [0.5, 0.6) is 0 Å². The first-order valence-corrected chi connectivity index (χ1v) is 26.5. The lowest BCUT2D eigenvalue weighted by molar-refractivity contribution is -0.167. The van der Waals surface area contributed by atoms with E-state index in [-0.39, 0.29) is 31.1 Å². The summed E-state index contributed by atoms with van der Waals surface area (Å²) in [7, 11) is 0. The van der Waals surface area contributed by atoms with E-state index in [9.17, 15) is 14.4 Å². The van der Waals surface area contributed by atoms with Crippen LogP contribution in [0.15, 0.2) is 36.5 Å². The predicted molar refractivity (Wildman–Crippen MR) is 261 cm³/mol. The summed E-state index contributed by atoms with van der Waals surface area (Å²) in [5, 5.41) is 0. The number of rotatable bonds is 48. The second kappa shape index (κ2) is 50.3. The largest absolute Gasteiger partial charge is 0.462 e. The molecule has 356 valence electrons. The number of carbonyl (C=O) groups excluding carboxylic acids is 3. The van der Waals surface area contributed by atoms with Gasteiger partial charge in [0.05, 0.1) is 0 Å². The van der Waals surface area contributed by atoms with E-state index in [4.69, 9.17) is 14.2 Å². The molecule has 0 saturated carbocycles. The molecule has 6 heteroatoms. The molecule has 0 aliphatic heterocycles. The van der Waals surface area contributed by atoms with Gasteiger partial charge in [-0.15, -0.1) is 0 Å². The minimum absolute atomic E-state index is 0.0713. The predicted octanol–water partition coefficient (Wildman–Crippen LogP) is 17.3. The lowest BCUT2D eigenvalue weighted by Gasteiger charge is -2.18. The topological polar surface area (TPSA) is 78.9 Å². The third-order valence-corrected chi connectivity index (χ3v) is 11.6. The summed E-state index contributed by atoms with van der Waals surface area (Å²) in [6.45, 7) is 6.56. The highest BCUT2D eigenvalue weighted by Crippen LogP contribution is 2.16. The van der Waals surface area contributed by atoms with Gasteiger partial charge in [-0.2, -0.15) is 0 Å². The van der Waals surface area contributed by atoms with Gasteiger partial charge in [-0.1, -0.05) is 237 Å². The van der Waals surface area contributed by atoms with Crippen molar-refractivity contribution in [1.82, 2.24) is 0 Å². The Bertz CT molecular complexity index is 1030. The number of carbonyl (C=O) groups is 3. The van der Waals surface area contributed by atoms with Crippen LogP contribution in [-0.4, -0.2) is 37.2 Å². The maximum Gasteiger partial charge on any atom is 0.306 e. The summed E-state index contributed by atoms with van der Waals surface area (Å²) in [6, 6.07) is 0. The molecule has 0 saturated heterocycles. The van der Waals surface area contributed by atoms with E-state index in [0.29, 0.717) is 19.3 Å². The van der Waals surface area contributed by atoms with Crippen LogP contribution in [0.2, 0.25) is 0 Å². The molecular formula is C55H100O6. The van der Waals surface area contributed by atoms with Crippen molar-refractivity contribution in [2.45, 2.75) is 284 Å². The van der Waals surface area contributed by atoms with Gasteiger partial charge in [-0.3, -0.25) is 14.4 Å². The Balaban J connectivity index is 4.06. The minimum Gasteiger partial charge on any atom is -0.462 e. The smallest absolute Gasteiger partial charge is 0.306 e. The maximum atomic E-state index is 12.7. The number of ether oxygens (including phenoxy) is 3. The second-order valence-electron chi connectivity index (χ2n) is 17.8. The summed E-state index contributed by atoms with van der Waals surface area (Å²) < 4.78 is 16.7. The first-order valence-electron chi connectivity index (χ1n) is 26.5. The molecule has 0 rings (SSSR count). The zero-order chi connectivity index (χ0) is 44.4. The van der Waals surface area contributed by atoms with Crippen LogP contribution in [0.1, 0.15) is 278 Å². The molecule has 0 aliphatic rings. The van der Waals surface area contributed by atoms with Crippen molar-refractivity contribution in [2.24, 2.45) is 0 Å². The van der Waals surface area contributed by atoms with Crippen molar-refractivity contribution >= 4 is 17.9 Å². The molecule has 0 amide bonds. The fraction of sp³-hybridized carbons (Fsp3) is 0.836. The van der Waals surface area contributed by atoms with Gasteiger partial charge in [-0.25, -0.2) is 0 Å². The average Bonchev–Trinajstić information content (AvgIpc) is 3.26. The van der Waals surface area contributed by atoms with Gasteiger partial charge in [0.25, 0.3) is 0 Å². The fourth-order valence-electron chi connectivity index (χ4n) is 7.63. The van der Waals surface area contributed by atoms with Crippen molar-refractivity contribution < 1.29 is 28.6 Å². The van der Waals surface area contributed by atoms with Crippen LogP contribution < -0.4 is 0 Å². The lowest BCUT2D eigenvalue weighted by atomic mass is 10.0. The van der Waals surface area contributed by atoms with E-state index in [0.717, 1.165) is 77.0 Å². The molecule has 1 unspecified atom stereocenters. The van der Waals surface area contributed by atoms with Crippen LogP contribution >= 0.6 is 0 Å². The Morgan fingerprint density at radius 1 is 0.328 bits per heavy atom. The molecule has 0 aromatic carbocycles. The van der Waals surface area contributed by atoms with E-state index in [1.54, 1.807) is 0 Å². The first-order chi connectivity index (χ1) is 30.0. The molecule has 0 bridgehead atoms. The molecule has 0 spiro atoms. The molecule has 0 aromatic heterocycles. The van der Waals surface area contributed by atoms with Crippen molar-refractivity contribution in [3.63, 3.8) is 0 Å². The summed E-state index contributed by atoms with van der Waals surface area (Å²) in [5.74, 6) is -0.879. The summed E-state index contributed by atoms with van der Waals surface area (Å²) >= 11 is 0. The van der Waals surface area contributed by atoms with Crippen molar-refractivity contribution in [2.75, 3.05) is 13.2 Å². The molecule has 6 nitrogen and oxygen atoms in total. The van der Waals surface area contributed by atoms with Gasteiger partial charge in [-0.05, 0) is 57.8 Å². The number of unbranched alkanes of at least 4 members (excludes halogenated alkanes) is 31. The van der Waals surface area contributed by atoms with Gasteiger partial charge < -0.3 is 14.2 Å².